The van der Waals surface area contributed by atoms with Crippen LogP contribution in [-0.4, -0.2) is 23.8 Å². The second-order valence-electron chi connectivity index (χ2n) is 7.91. The summed E-state index contributed by atoms with van der Waals surface area (Å²) in [6.45, 7) is 4.09. The van der Waals surface area contributed by atoms with Gasteiger partial charge in [0.05, 0.1) is 0 Å². The van der Waals surface area contributed by atoms with E-state index in [9.17, 15) is 4.79 Å². The molecule has 0 radical (unpaired) electrons. The summed E-state index contributed by atoms with van der Waals surface area (Å²) < 4.78 is 0. The molecule has 0 saturated carbocycles. The van der Waals surface area contributed by atoms with Crippen LogP contribution in [0.25, 0.3) is 12.2 Å². The zero-order valence-electron chi connectivity index (χ0n) is 17.3. The molecule has 4 heteroatoms. The van der Waals surface area contributed by atoms with Crippen molar-refractivity contribution in [2.45, 2.75) is 13.5 Å². The van der Waals surface area contributed by atoms with Gasteiger partial charge >= 0.3 is 0 Å². The average Bonchev–Trinajstić information content (AvgIpc) is 2.74. The molecule has 0 bridgehead atoms. The van der Waals surface area contributed by atoms with E-state index in [2.05, 4.69) is 36.1 Å². The minimum atomic E-state index is 0.0883. The molecule has 0 atom stereocenters. The lowest BCUT2D eigenvalue weighted by atomic mass is 9.94. The lowest BCUT2D eigenvalue weighted by Crippen LogP contribution is -2.37. The Morgan fingerprint density at radius 3 is 1.81 bits per heavy atom. The first-order valence-corrected chi connectivity index (χ1v) is 11.0. The Morgan fingerprint density at radius 2 is 1.32 bits per heavy atom. The number of halogens is 2. The number of carbonyl (C=O) groups excluding carboxylic acids is 1. The van der Waals surface area contributed by atoms with Crippen LogP contribution in [0.5, 0.6) is 0 Å². The molecule has 1 aliphatic rings. The van der Waals surface area contributed by atoms with Crippen LogP contribution >= 0.6 is 23.2 Å². The van der Waals surface area contributed by atoms with Gasteiger partial charge in [0.1, 0.15) is 0 Å². The maximum atomic E-state index is 13.3. The number of carbonyl (C=O) groups is 1. The summed E-state index contributed by atoms with van der Waals surface area (Å²) in [7, 11) is 0. The van der Waals surface area contributed by atoms with E-state index in [-0.39, 0.29) is 5.78 Å². The number of hydrogen-bond donors (Lipinski definition) is 0. The number of nitrogens with zero attached hydrogens (tertiary/aromatic N) is 1. The fourth-order valence-corrected chi connectivity index (χ4v) is 4.06. The molecule has 0 amide bonds. The first-order valence-electron chi connectivity index (χ1n) is 10.2. The molecular formula is C27H23Cl2NO. The summed E-state index contributed by atoms with van der Waals surface area (Å²) in [5.41, 5.74) is 5.97. The second-order valence-corrected chi connectivity index (χ2v) is 8.78. The van der Waals surface area contributed by atoms with Gasteiger partial charge in [-0.05, 0) is 60.0 Å². The van der Waals surface area contributed by atoms with Gasteiger partial charge in [0.15, 0.2) is 5.78 Å². The molecule has 4 rings (SSSR count). The Kier molecular flexibility index (Phi) is 6.72. The smallest absolute Gasteiger partial charge is 0.187 e. The Hall–Kier alpha value is -2.65. The van der Waals surface area contributed by atoms with Crippen molar-refractivity contribution >= 4 is 41.1 Å². The van der Waals surface area contributed by atoms with Crippen LogP contribution in [0.2, 0.25) is 10.0 Å². The lowest BCUT2D eigenvalue weighted by molar-refractivity contribution is -0.113. The van der Waals surface area contributed by atoms with Gasteiger partial charge in [0.25, 0.3) is 0 Å². The van der Waals surface area contributed by atoms with Gasteiger partial charge in [-0.15, -0.1) is 0 Å². The zero-order valence-corrected chi connectivity index (χ0v) is 18.8. The maximum Gasteiger partial charge on any atom is 0.187 e. The van der Waals surface area contributed by atoms with Gasteiger partial charge in [-0.2, -0.15) is 0 Å². The van der Waals surface area contributed by atoms with Crippen molar-refractivity contribution in [3.8, 4) is 0 Å². The molecule has 1 fully saturated rings. The molecule has 156 valence electrons. The van der Waals surface area contributed by atoms with E-state index in [4.69, 9.17) is 23.2 Å². The third-order valence-corrected chi connectivity index (χ3v) is 5.79. The first kappa shape index (κ1) is 21.6. The predicted molar refractivity (Wildman–Crippen MR) is 130 cm³/mol. The quantitative estimate of drug-likeness (QED) is 0.407. The summed E-state index contributed by atoms with van der Waals surface area (Å²) in [6.07, 6.45) is 3.94. The van der Waals surface area contributed by atoms with Crippen LogP contribution in [0.3, 0.4) is 0 Å². The first-order chi connectivity index (χ1) is 15.0. The highest BCUT2D eigenvalue weighted by Gasteiger charge is 2.26. The Bertz CT molecular complexity index is 1080. The molecular weight excluding hydrogens is 425 g/mol. The van der Waals surface area contributed by atoms with Crippen molar-refractivity contribution < 1.29 is 4.79 Å². The minimum absolute atomic E-state index is 0.0883. The Labute approximate surface area is 193 Å². The molecule has 2 nitrogen and oxygen atoms in total. The molecule has 1 saturated heterocycles. The van der Waals surface area contributed by atoms with Gasteiger partial charge in [-0.1, -0.05) is 77.3 Å². The Balaban J connectivity index is 1.67. The zero-order chi connectivity index (χ0) is 21.8. The van der Waals surface area contributed by atoms with Crippen molar-refractivity contribution in [3.63, 3.8) is 0 Å². The molecule has 31 heavy (non-hydrogen) atoms. The van der Waals surface area contributed by atoms with Crippen molar-refractivity contribution in [2.24, 2.45) is 0 Å². The van der Waals surface area contributed by atoms with Crippen molar-refractivity contribution in [1.29, 1.82) is 0 Å². The number of Topliss-reactive ketones (excluding diaryl/α,β-unsaturated/α-hetero) is 1. The molecule has 0 unspecified atom stereocenters. The van der Waals surface area contributed by atoms with Gasteiger partial charge in [-0.3, -0.25) is 9.69 Å². The minimum Gasteiger partial charge on any atom is -0.290 e. The van der Waals surface area contributed by atoms with E-state index in [1.165, 1.54) is 11.1 Å². The number of rotatable bonds is 4. The van der Waals surface area contributed by atoms with E-state index in [0.717, 1.165) is 28.8 Å². The highest BCUT2D eigenvalue weighted by molar-refractivity contribution is 6.30. The fourth-order valence-electron chi connectivity index (χ4n) is 3.81. The highest BCUT2D eigenvalue weighted by Crippen LogP contribution is 2.24. The molecule has 1 heterocycles. The van der Waals surface area contributed by atoms with Crippen LogP contribution in [0.15, 0.2) is 83.9 Å². The van der Waals surface area contributed by atoms with Crippen molar-refractivity contribution in [3.05, 3.63) is 116 Å². The standard InChI is InChI=1S/C27H23Cl2NO/c1-19-3-2-4-22(13-19)16-30-17-23(14-20-5-9-25(28)10-6-20)27(31)24(18-30)15-21-7-11-26(29)12-8-21/h2-15H,16-18H2,1H3/b23-14+,24-15+. The molecule has 3 aromatic carbocycles. The van der Waals surface area contributed by atoms with Gasteiger partial charge in [0.2, 0.25) is 0 Å². The number of ketones is 1. The van der Waals surface area contributed by atoms with E-state index in [0.29, 0.717) is 23.1 Å². The van der Waals surface area contributed by atoms with Crippen LogP contribution in [0.1, 0.15) is 22.3 Å². The normalized spacial score (nSPS) is 17.5. The van der Waals surface area contributed by atoms with E-state index >= 15 is 0 Å². The van der Waals surface area contributed by atoms with Crippen LogP contribution < -0.4 is 0 Å². The maximum absolute atomic E-state index is 13.3. The van der Waals surface area contributed by atoms with Crippen molar-refractivity contribution in [1.82, 2.24) is 4.90 Å². The number of aryl methyl sites for hydroxylation is 1. The average molecular weight is 448 g/mol. The predicted octanol–water partition coefficient (Wildman–Crippen LogP) is 6.85. The van der Waals surface area contributed by atoms with E-state index < -0.39 is 0 Å². The van der Waals surface area contributed by atoms with Crippen molar-refractivity contribution in [2.75, 3.05) is 13.1 Å². The lowest BCUT2D eigenvalue weighted by Gasteiger charge is -2.30. The highest BCUT2D eigenvalue weighted by atomic mass is 35.5. The summed E-state index contributed by atoms with van der Waals surface area (Å²) in [5.74, 6) is 0.0883. The summed E-state index contributed by atoms with van der Waals surface area (Å²) >= 11 is 12.0. The fraction of sp³-hybridized carbons (Fsp3) is 0.148. The molecule has 1 aliphatic heterocycles. The van der Waals surface area contributed by atoms with Gasteiger partial charge in [-0.25, -0.2) is 0 Å². The Morgan fingerprint density at radius 1 is 0.806 bits per heavy atom. The van der Waals surface area contributed by atoms with Crippen LogP contribution in [-0.2, 0) is 11.3 Å². The number of hydrogen-bond acceptors (Lipinski definition) is 2. The molecule has 0 aliphatic carbocycles. The second kappa shape index (κ2) is 9.65. The number of benzene rings is 3. The summed E-state index contributed by atoms with van der Waals surface area (Å²) in [4.78, 5) is 15.6. The molecule has 3 aromatic rings. The molecule has 0 spiro atoms. The SMILES string of the molecule is Cc1cccc(CN2C/C(=C\c3ccc(Cl)cc3)C(=O)/C(=C/c3ccc(Cl)cc3)C2)c1. The molecule has 0 N–H and O–H groups in total. The number of piperidine rings is 1. The van der Waals surface area contributed by atoms with Crippen LogP contribution in [0, 0.1) is 6.92 Å². The van der Waals surface area contributed by atoms with Gasteiger partial charge in [0, 0.05) is 40.8 Å². The topological polar surface area (TPSA) is 20.3 Å². The molecule has 0 aromatic heterocycles. The van der Waals surface area contributed by atoms with Crippen LogP contribution in [0.4, 0.5) is 0 Å². The van der Waals surface area contributed by atoms with Gasteiger partial charge < -0.3 is 0 Å². The van der Waals surface area contributed by atoms with E-state index in [1.807, 2.05) is 60.7 Å². The summed E-state index contributed by atoms with van der Waals surface area (Å²) in [6, 6.07) is 23.6. The number of likely N-dealkylation sites (tertiary alicyclic amines) is 1. The monoisotopic (exact) mass is 447 g/mol. The third kappa shape index (κ3) is 5.74. The largest absolute Gasteiger partial charge is 0.290 e. The third-order valence-electron chi connectivity index (χ3n) is 5.28. The van der Waals surface area contributed by atoms with E-state index in [1.54, 1.807) is 0 Å². The summed E-state index contributed by atoms with van der Waals surface area (Å²) in [5, 5.41) is 1.36.